The SMILES string of the molecule is Brc1ccc2c(C3CCNC3)onc2c1. The lowest BCUT2D eigenvalue weighted by atomic mass is 10.0. The molecule has 2 aromatic rings. The molecule has 0 radical (unpaired) electrons. The quantitative estimate of drug-likeness (QED) is 0.863. The molecule has 78 valence electrons. The van der Waals surface area contributed by atoms with Gasteiger partial charge in [0.15, 0.2) is 0 Å². The van der Waals surface area contributed by atoms with E-state index in [2.05, 4.69) is 32.5 Å². The van der Waals surface area contributed by atoms with Gasteiger partial charge in [-0.25, -0.2) is 0 Å². The molecule has 0 saturated carbocycles. The first-order chi connectivity index (χ1) is 7.34. The van der Waals surface area contributed by atoms with E-state index in [1.165, 1.54) is 0 Å². The van der Waals surface area contributed by atoms with Crippen molar-refractivity contribution in [3.05, 3.63) is 28.4 Å². The molecule has 0 aliphatic carbocycles. The molecule has 1 aliphatic heterocycles. The van der Waals surface area contributed by atoms with Crippen molar-refractivity contribution in [1.82, 2.24) is 10.5 Å². The third kappa shape index (κ3) is 1.58. The summed E-state index contributed by atoms with van der Waals surface area (Å²) >= 11 is 3.43. The summed E-state index contributed by atoms with van der Waals surface area (Å²) in [6, 6.07) is 6.10. The van der Waals surface area contributed by atoms with Gasteiger partial charge in [-0.2, -0.15) is 0 Å². The Morgan fingerprint density at radius 2 is 2.40 bits per heavy atom. The molecule has 1 aromatic heterocycles. The number of aromatic nitrogens is 1. The van der Waals surface area contributed by atoms with Crippen molar-refractivity contribution in [2.45, 2.75) is 12.3 Å². The lowest BCUT2D eigenvalue weighted by Crippen LogP contribution is -2.07. The van der Waals surface area contributed by atoms with Crippen LogP contribution < -0.4 is 5.32 Å². The maximum atomic E-state index is 5.44. The van der Waals surface area contributed by atoms with Gasteiger partial charge in [-0.3, -0.25) is 0 Å². The second-order valence-corrected chi connectivity index (χ2v) is 4.81. The number of benzene rings is 1. The molecule has 4 heteroatoms. The Balaban J connectivity index is 2.11. The summed E-state index contributed by atoms with van der Waals surface area (Å²) in [5.74, 6) is 1.51. The van der Waals surface area contributed by atoms with Crippen LogP contribution in [0.15, 0.2) is 27.2 Å². The summed E-state index contributed by atoms with van der Waals surface area (Å²) in [4.78, 5) is 0. The zero-order valence-electron chi connectivity index (χ0n) is 8.16. The highest BCUT2D eigenvalue weighted by atomic mass is 79.9. The van der Waals surface area contributed by atoms with Crippen LogP contribution in [0.25, 0.3) is 10.9 Å². The molecular formula is C11H11BrN2O. The zero-order chi connectivity index (χ0) is 10.3. The maximum absolute atomic E-state index is 5.44. The highest BCUT2D eigenvalue weighted by molar-refractivity contribution is 9.10. The van der Waals surface area contributed by atoms with Gasteiger partial charge in [0.25, 0.3) is 0 Å². The van der Waals surface area contributed by atoms with Crippen molar-refractivity contribution in [3.8, 4) is 0 Å². The van der Waals surface area contributed by atoms with Crippen LogP contribution in [0.4, 0.5) is 0 Å². The molecular weight excluding hydrogens is 256 g/mol. The van der Waals surface area contributed by atoms with Crippen LogP contribution in [-0.2, 0) is 0 Å². The third-order valence-electron chi connectivity index (χ3n) is 2.90. The van der Waals surface area contributed by atoms with Gasteiger partial charge in [-0.1, -0.05) is 21.1 Å². The fourth-order valence-electron chi connectivity index (χ4n) is 2.11. The fraction of sp³-hybridized carbons (Fsp3) is 0.364. The molecule has 1 unspecified atom stereocenters. The van der Waals surface area contributed by atoms with E-state index in [1.807, 2.05) is 12.1 Å². The summed E-state index contributed by atoms with van der Waals surface area (Å²) in [5, 5.41) is 8.58. The summed E-state index contributed by atoms with van der Waals surface area (Å²) < 4.78 is 6.48. The largest absolute Gasteiger partial charge is 0.360 e. The molecule has 1 N–H and O–H groups in total. The molecule has 0 amide bonds. The first kappa shape index (κ1) is 9.36. The van der Waals surface area contributed by atoms with E-state index in [-0.39, 0.29) is 0 Å². The van der Waals surface area contributed by atoms with Crippen molar-refractivity contribution >= 4 is 26.8 Å². The molecule has 1 aliphatic rings. The van der Waals surface area contributed by atoms with Crippen LogP contribution in [0.3, 0.4) is 0 Å². The van der Waals surface area contributed by atoms with Crippen molar-refractivity contribution in [2.75, 3.05) is 13.1 Å². The number of hydrogen-bond acceptors (Lipinski definition) is 3. The van der Waals surface area contributed by atoms with Crippen molar-refractivity contribution in [3.63, 3.8) is 0 Å². The van der Waals surface area contributed by atoms with E-state index in [0.717, 1.165) is 40.6 Å². The highest BCUT2D eigenvalue weighted by Gasteiger charge is 2.23. The Morgan fingerprint density at radius 1 is 1.47 bits per heavy atom. The van der Waals surface area contributed by atoms with E-state index < -0.39 is 0 Å². The van der Waals surface area contributed by atoms with E-state index in [1.54, 1.807) is 0 Å². The van der Waals surface area contributed by atoms with Gasteiger partial charge in [0.05, 0.1) is 0 Å². The Hall–Kier alpha value is -0.870. The molecule has 15 heavy (non-hydrogen) atoms. The molecule has 1 saturated heterocycles. The molecule has 0 bridgehead atoms. The lowest BCUT2D eigenvalue weighted by molar-refractivity contribution is 0.372. The standard InChI is InChI=1S/C11H11BrN2O/c12-8-1-2-9-10(5-8)14-15-11(9)7-3-4-13-6-7/h1-2,5,7,13H,3-4,6H2. The van der Waals surface area contributed by atoms with Crippen LogP contribution in [0, 0.1) is 0 Å². The highest BCUT2D eigenvalue weighted by Crippen LogP contribution is 2.30. The minimum Gasteiger partial charge on any atom is -0.360 e. The normalized spacial score (nSPS) is 21.3. The summed E-state index contributed by atoms with van der Waals surface area (Å²) in [6.07, 6.45) is 1.14. The predicted octanol–water partition coefficient (Wildman–Crippen LogP) is 2.67. The molecule has 2 heterocycles. The van der Waals surface area contributed by atoms with Gasteiger partial charge in [-0.05, 0) is 31.2 Å². The van der Waals surface area contributed by atoms with Gasteiger partial charge in [0, 0.05) is 22.3 Å². The first-order valence-electron chi connectivity index (χ1n) is 5.10. The Kier molecular flexibility index (Phi) is 2.25. The van der Waals surface area contributed by atoms with E-state index in [0.29, 0.717) is 5.92 Å². The second-order valence-electron chi connectivity index (χ2n) is 3.90. The van der Waals surface area contributed by atoms with Crippen LogP contribution in [0.2, 0.25) is 0 Å². The number of nitrogens with one attached hydrogen (secondary N) is 1. The number of nitrogens with zero attached hydrogens (tertiary/aromatic N) is 1. The second kappa shape index (κ2) is 3.61. The molecule has 0 spiro atoms. The summed E-state index contributed by atoms with van der Waals surface area (Å²) in [6.45, 7) is 2.07. The maximum Gasteiger partial charge on any atom is 0.148 e. The summed E-state index contributed by atoms with van der Waals surface area (Å²) in [7, 11) is 0. The Morgan fingerprint density at radius 3 is 3.20 bits per heavy atom. The van der Waals surface area contributed by atoms with Gasteiger partial charge in [0.1, 0.15) is 11.3 Å². The topological polar surface area (TPSA) is 38.1 Å². The third-order valence-corrected chi connectivity index (χ3v) is 3.39. The monoisotopic (exact) mass is 266 g/mol. The lowest BCUT2D eigenvalue weighted by Gasteiger charge is -2.02. The van der Waals surface area contributed by atoms with Crippen LogP contribution in [-0.4, -0.2) is 18.2 Å². The smallest absolute Gasteiger partial charge is 0.148 e. The molecule has 3 rings (SSSR count). The number of halogens is 1. The fourth-order valence-corrected chi connectivity index (χ4v) is 2.46. The molecule has 1 aromatic carbocycles. The first-order valence-corrected chi connectivity index (χ1v) is 5.89. The molecule has 1 atom stereocenters. The Bertz CT molecular complexity index is 488. The van der Waals surface area contributed by atoms with Crippen LogP contribution in [0.1, 0.15) is 18.1 Å². The van der Waals surface area contributed by atoms with E-state index in [4.69, 9.17) is 4.52 Å². The zero-order valence-corrected chi connectivity index (χ0v) is 9.75. The van der Waals surface area contributed by atoms with Crippen LogP contribution in [0.5, 0.6) is 0 Å². The van der Waals surface area contributed by atoms with Crippen molar-refractivity contribution in [2.24, 2.45) is 0 Å². The van der Waals surface area contributed by atoms with Gasteiger partial charge < -0.3 is 9.84 Å². The number of fused-ring (bicyclic) bond motifs is 1. The summed E-state index contributed by atoms with van der Waals surface area (Å²) in [5.41, 5.74) is 0.936. The number of rotatable bonds is 1. The Labute approximate surface area is 95.9 Å². The average Bonchev–Trinajstić information content (AvgIpc) is 2.82. The molecule has 1 fully saturated rings. The van der Waals surface area contributed by atoms with Crippen LogP contribution >= 0.6 is 15.9 Å². The average molecular weight is 267 g/mol. The van der Waals surface area contributed by atoms with Gasteiger partial charge >= 0.3 is 0 Å². The minimum absolute atomic E-state index is 0.483. The van der Waals surface area contributed by atoms with Gasteiger partial charge in [-0.15, -0.1) is 0 Å². The van der Waals surface area contributed by atoms with Crippen molar-refractivity contribution < 1.29 is 4.52 Å². The van der Waals surface area contributed by atoms with E-state index in [9.17, 15) is 0 Å². The van der Waals surface area contributed by atoms with Crippen molar-refractivity contribution in [1.29, 1.82) is 0 Å². The molecule has 3 nitrogen and oxygen atoms in total. The minimum atomic E-state index is 0.483. The predicted molar refractivity (Wildman–Crippen MR) is 61.9 cm³/mol. The number of hydrogen-bond donors (Lipinski definition) is 1. The van der Waals surface area contributed by atoms with Gasteiger partial charge in [0.2, 0.25) is 0 Å². The van der Waals surface area contributed by atoms with E-state index >= 15 is 0 Å².